The predicted molar refractivity (Wildman–Crippen MR) is 74.7 cm³/mol. The second kappa shape index (κ2) is 8.88. The first-order chi connectivity index (χ1) is 9.46. The second-order valence-corrected chi connectivity index (χ2v) is 5.82. The first-order valence-electron chi connectivity index (χ1n) is 7.84. The van der Waals surface area contributed by atoms with Gasteiger partial charge in [-0.2, -0.15) is 13.2 Å². The van der Waals surface area contributed by atoms with Crippen molar-refractivity contribution in [3.8, 4) is 0 Å². The van der Waals surface area contributed by atoms with Gasteiger partial charge in [-0.1, -0.05) is 20.3 Å². The number of hydrogen-bond donors (Lipinski definition) is 1. The molecule has 5 heteroatoms. The van der Waals surface area contributed by atoms with Crippen molar-refractivity contribution in [3.63, 3.8) is 0 Å². The Morgan fingerprint density at radius 3 is 2.55 bits per heavy atom. The van der Waals surface area contributed by atoms with E-state index in [0.29, 0.717) is 12.0 Å². The molecule has 3 unspecified atom stereocenters. The molecule has 1 fully saturated rings. The van der Waals surface area contributed by atoms with Gasteiger partial charge in [0, 0.05) is 12.6 Å². The van der Waals surface area contributed by atoms with Gasteiger partial charge in [0.15, 0.2) is 0 Å². The average molecular weight is 295 g/mol. The van der Waals surface area contributed by atoms with Crippen LogP contribution in [0.3, 0.4) is 0 Å². The van der Waals surface area contributed by atoms with E-state index in [1.54, 1.807) is 0 Å². The van der Waals surface area contributed by atoms with Gasteiger partial charge in [0.2, 0.25) is 0 Å². The lowest BCUT2D eigenvalue weighted by Crippen LogP contribution is -2.40. The maximum atomic E-state index is 12.0. The zero-order valence-corrected chi connectivity index (χ0v) is 12.6. The van der Waals surface area contributed by atoms with E-state index in [0.717, 1.165) is 25.3 Å². The van der Waals surface area contributed by atoms with Crippen LogP contribution in [0.15, 0.2) is 0 Å². The zero-order chi connectivity index (χ0) is 15.0. The fourth-order valence-corrected chi connectivity index (χ4v) is 3.22. The average Bonchev–Trinajstić information content (AvgIpc) is 2.39. The number of ether oxygens (including phenoxy) is 1. The number of rotatable bonds is 8. The van der Waals surface area contributed by atoms with Crippen molar-refractivity contribution in [1.82, 2.24) is 5.32 Å². The highest BCUT2D eigenvalue weighted by Crippen LogP contribution is 2.34. The molecule has 3 atom stereocenters. The van der Waals surface area contributed by atoms with Crippen LogP contribution in [0, 0.1) is 11.8 Å². The molecule has 20 heavy (non-hydrogen) atoms. The quantitative estimate of drug-likeness (QED) is 0.679. The molecule has 0 bridgehead atoms. The van der Waals surface area contributed by atoms with Gasteiger partial charge in [-0.3, -0.25) is 0 Å². The fraction of sp³-hybridized carbons (Fsp3) is 1.00. The standard InChI is InChI=1S/C15H28F3NO/c1-3-12-7-8-14(19-4-2)13(10-12)6-5-9-20-11-15(16,17)18/h12-14,19H,3-11H2,1-2H3. The maximum absolute atomic E-state index is 12.0. The summed E-state index contributed by atoms with van der Waals surface area (Å²) in [5.74, 6) is 1.37. The van der Waals surface area contributed by atoms with Crippen LogP contribution in [0.2, 0.25) is 0 Å². The Hall–Kier alpha value is -0.290. The lowest BCUT2D eigenvalue weighted by Gasteiger charge is -2.36. The molecule has 0 aromatic carbocycles. The third kappa shape index (κ3) is 6.93. The van der Waals surface area contributed by atoms with Gasteiger partial charge in [0.05, 0.1) is 0 Å². The minimum atomic E-state index is -4.20. The van der Waals surface area contributed by atoms with Gasteiger partial charge in [0.25, 0.3) is 0 Å². The lowest BCUT2D eigenvalue weighted by atomic mass is 9.75. The fourth-order valence-electron chi connectivity index (χ4n) is 3.22. The summed E-state index contributed by atoms with van der Waals surface area (Å²) in [6, 6.07) is 0.533. The number of nitrogens with one attached hydrogen (secondary N) is 1. The van der Waals surface area contributed by atoms with E-state index in [4.69, 9.17) is 4.74 Å². The molecule has 120 valence electrons. The highest BCUT2D eigenvalue weighted by atomic mass is 19.4. The normalized spacial score (nSPS) is 27.8. The third-order valence-corrected chi connectivity index (χ3v) is 4.26. The van der Waals surface area contributed by atoms with Crippen LogP contribution in [0.25, 0.3) is 0 Å². The predicted octanol–water partition coefficient (Wildman–Crippen LogP) is 4.15. The van der Waals surface area contributed by atoms with Crippen LogP contribution in [-0.4, -0.2) is 32.0 Å². The molecule has 0 amide bonds. The van der Waals surface area contributed by atoms with Gasteiger partial charge >= 0.3 is 6.18 Å². The Bertz CT molecular complexity index is 258. The molecule has 0 aromatic rings. The minimum Gasteiger partial charge on any atom is -0.372 e. The highest BCUT2D eigenvalue weighted by molar-refractivity contribution is 4.84. The Labute approximate surface area is 120 Å². The molecular weight excluding hydrogens is 267 g/mol. The van der Waals surface area contributed by atoms with Crippen LogP contribution in [0.4, 0.5) is 13.2 Å². The van der Waals surface area contributed by atoms with E-state index in [2.05, 4.69) is 19.2 Å². The van der Waals surface area contributed by atoms with Crippen molar-refractivity contribution in [2.75, 3.05) is 19.8 Å². The first-order valence-corrected chi connectivity index (χ1v) is 7.84. The largest absolute Gasteiger partial charge is 0.411 e. The minimum absolute atomic E-state index is 0.214. The molecule has 1 aliphatic carbocycles. The lowest BCUT2D eigenvalue weighted by molar-refractivity contribution is -0.174. The zero-order valence-electron chi connectivity index (χ0n) is 12.6. The van der Waals surface area contributed by atoms with E-state index in [1.165, 1.54) is 25.7 Å². The van der Waals surface area contributed by atoms with Crippen LogP contribution < -0.4 is 5.32 Å². The molecule has 0 aromatic heterocycles. The summed E-state index contributed by atoms with van der Waals surface area (Å²) in [6.07, 6.45) is 2.36. The highest BCUT2D eigenvalue weighted by Gasteiger charge is 2.29. The van der Waals surface area contributed by atoms with Crippen molar-refractivity contribution in [1.29, 1.82) is 0 Å². The van der Waals surface area contributed by atoms with Crippen LogP contribution >= 0.6 is 0 Å². The Morgan fingerprint density at radius 1 is 1.20 bits per heavy atom. The molecule has 0 radical (unpaired) electrons. The summed E-state index contributed by atoms with van der Waals surface area (Å²) >= 11 is 0. The van der Waals surface area contributed by atoms with Crippen LogP contribution in [0.5, 0.6) is 0 Å². The van der Waals surface area contributed by atoms with Crippen molar-refractivity contribution in [3.05, 3.63) is 0 Å². The summed E-state index contributed by atoms with van der Waals surface area (Å²) in [7, 11) is 0. The summed E-state index contributed by atoms with van der Waals surface area (Å²) in [5.41, 5.74) is 0. The molecule has 0 aliphatic heterocycles. The monoisotopic (exact) mass is 295 g/mol. The number of hydrogen-bond acceptors (Lipinski definition) is 2. The molecule has 0 heterocycles. The number of alkyl halides is 3. The van der Waals surface area contributed by atoms with E-state index in [9.17, 15) is 13.2 Å². The van der Waals surface area contributed by atoms with Crippen molar-refractivity contribution < 1.29 is 17.9 Å². The van der Waals surface area contributed by atoms with Gasteiger partial charge in [0.1, 0.15) is 6.61 Å². The second-order valence-electron chi connectivity index (χ2n) is 5.82. The van der Waals surface area contributed by atoms with Crippen molar-refractivity contribution >= 4 is 0 Å². The molecule has 1 rings (SSSR count). The molecule has 2 nitrogen and oxygen atoms in total. The summed E-state index contributed by atoms with van der Waals surface area (Å²) in [5, 5.41) is 3.52. The first kappa shape index (κ1) is 17.8. The summed E-state index contributed by atoms with van der Waals surface area (Å²) in [6.45, 7) is 4.39. The SMILES string of the molecule is CCNC1CCC(CC)CC1CCCOCC(F)(F)F. The molecule has 1 aliphatic rings. The third-order valence-electron chi connectivity index (χ3n) is 4.26. The molecule has 1 N–H and O–H groups in total. The van der Waals surface area contributed by atoms with Crippen molar-refractivity contribution in [2.24, 2.45) is 11.8 Å². The van der Waals surface area contributed by atoms with E-state index in [1.807, 2.05) is 0 Å². The smallest absolute Gasteiger partial charge is 0.372 e. The Kier molecular flexibility index (Phi) is 7.88. The molecule has 0 saturated heterocycles. The van der Waals surface area contributed by atoms with E-state index in [-0.39, 0.29) is 6.61 Å². The molecular formula is C15H28F3NO. The Morgan fingerprint density at radius 2 is 1.95 bits per heavy atom. The molecule has 0 spiro atoms. The van der Waals surface area contributed by atoms with E-state index < -0.39 is 12.8 Å². The Balaban J connectivity index is 2.26. The van der Waals surface area contributed by atoms with Gasteiger partial charge in [-0.05, 0) is 50.5 Å². The van der Waals surface area contributed by atoms with Gasteiger partial charge < -0.3 is 10.1 Å². The van der Waals surface area contributed by atoms with Crippen molar-refractivity contribution in [2.45, 2.75) is 64.6 Å². The van der Waals surface area contributed by atoms with Crippen LogP contribution in [0.1, 0.15) is 52.4 Å². The van der Waals surface area contributed by atoms with Gasteiger partial charge in [-0.25, -0.2) is 0 Å². The summed E-state index contributed by atoms with van der Waals surface area (Å²) < 4.78 is 40.6. The van der Waals surface area contributed by atoms with E-state index >= 15 is 0 Å². The topological polar surface area (TPSA) is 21.3 Å². The molecule has 1 saturated carbocycles. The maximum Gasteiger partial charge on any atom is 0.411 e. The number of halogens is 3. The van der Waals surface area contributed by atoms with Gasteiger partial charge in [-0.15, -0.1) is 0 Å². The van der Waals surface area contributed by atoms with Crippen LogP contribution in [-0.2, 0) is 4.74 Å². The summed E-state index contributed by atoms with van der Waals surface area (Å²) in [4.78, 5) is 0.